The Kier molecular flexibility index (Phi) is 3.56. The van der Waals surface area contributed by atoms with Gasteiger partial charge in [0.15, 0.2) is 0 Å². The molecule has 0 saturated heterocycles. The van der Waals surface area contributed by atoms with E-state index in [9.17, 15) is 17.2 Å². The molecule has 14 heavy (non-hydrogen) atoms. The zero-order valence-corrected chi connectivity index (χ0v) is 10.9. The summed E-state index contributed by atoms with van der Waals surface area (Å²) in [7, 11) is 0.781. The quantitative estimate of drug-likeness (QED) is 0.561. The maximum absolute atomic E-state index is 12.9. The third kappa shape index (κ3) is 2.26. The van der Waals surface area contributed by atoms with E-state index in [0.29, 0.717) is 6.07 Å². The molecule has 0 fully saturated rings. The standard InChI is InChI=1S/C6HBr2ClF2O2S/c7-4-2(10)1-3(11)5(8)6(4)14(9,12)13/h1H. The summed E-state index contributed by atoms with van der Waals surface area (Å²) < 4.78 is 46.9. The number of benzene rings is 1. The first-order valence-electron chi connectivity index (χ1n) is 3.03. The van der Waals surface area contributed by atoms with E-state index in [1.807, 2.05) is 0 Å². The lowest BCUT2D eigenvalue weighted by atomic mass is 10.3. The average molecular weight is 370 g/mol. The lowest BCUT2D eigenvalue weighted by Gasteiger charge is -2.05. The van der Waals surface area contributed by atoms with Crippen LogP contribution in [0.1, 0.15) is 0 Å². The fraction of sp³-hybridized carbons (Fsp3) is 0. The third-order valence-electron chi connectivity index (χ3n) is 1.32. The molecule has 78 valence electrons. The Bertz CT molecular complexity index is 463. The van der Waals surface area contributed by atoms with E-state index in [-0.39, 0.29) is 0 Å². The second-order valence-corrected chi connectivity index (χ2v) is 6.32. The summed E-state index contributed by atoms with van der Waals surface area (Å²) in [5.41, 5.74) is 0. The zero-order chi connectivity index (χ0) is 11.1. The first-order valence-corrected chi connectivity index (χ1v) is 6.92. The van der Waals surface area contributed by atoms with Crippen LogP contribution in [0.5, 0.6) is 0 Å². The van der Waals surface area contributed by atoms with Crippen molar-refractivity contribution in [1.29, 1.82) is 0 Å². The largest absolute Gasteiger partial charge is 0.263 e. The molecule has 1 rings (SSSR count). The molecule has 0 amide bonds. The van der Waals surface area contributed by atoms with Crippen molar-refractivity contribution in [3.8, 4) is 0 Å². The van der Waals surface area contributed by atoms with Crippen LogP contribution in [0, 0.1) is 11.6 Å². The van der Waals surface area contributed by atoms with Gasteiger partial charge in [-0.15, -0.1) is 0 Å². The Morgan fingerprint density at radius 1 is 1.14 bits per heavy atom. The van der Waals surface area contributed by atoms with Crippen LogP contribution in [0.3, 0.4) is 0 Å². The topological polar surface area (TPSA) is 34.1 Å². The second kappa shape index (κ2) is 4.03. The highest BCUT2D eigenvalue weighted by molar-refractivity contribution is 9.11. The second-order valence-electron chi connectivity index (χ2n) is 2.24. The fourth-order valence-electron chi connectivity index (χ4n) is 0.765. The van der Waals surface area contributed by atoms with Gasteiger partial charge in [-0.05, 0) is 31.9 Å². The van der Waals surface area contributed by atoms with E-state index in [4.69, 9.17) is 10.7 Å². The van der Waals surface area contributed by atoms with E-state index in [1.165, 1.54) is 0 Å². The van der Waals surface area contributed by atoms with Crippen LogP contribution in [-0.4, -0.2) is 8.42 Å². The fourth-order valence-corrected chi connectivity index (χ4v) is 4.58. The Hall–Kier alpha value is 0.280. The highest BCUT2D eigenvalue weighted by Gasteiger charge is 2.24. The summed E-state index contributed by atoms with van der Waals surface area (Å²) in [5.74, 6) is -2.07. The molecule has 0 aliphatic carbocycles. The molecule has 0 aliphatic rings. The highest BCUT2D eigenvalue weighted by Crippen LogP contribution is 2.35. The Labute approximate surface area is 99.9 Å². The first-order chi connectivity index (χ1) is 6.25. The number of hydrogen-bond donors (Lipinski definition) is 0. The minimum absolute atomic E-state index is 0.402. The van der Waals surface area contributed by atoms with Gasteiger partial charge in [-0.25, -0.2) is 17.2 Å². The first kappa shape index (κ1) is 12.4. The molecule has 1 aromatic rings. The predicted octanol–water partition coefficient (Wildman–Crippen LogP) is 3.42. The summed E-state index contributed by atoms with van der Waals surface area (Å²) in [6.07, 6.45) is 0. The minimum atomic E-state index is -4.21. The van der Waals surface area contributed by atoms with Crippen LogP contribution < -0.4 is 0 Å². The van der Waals surface area contributed by atoms with Crippen molar-refractivity contribution in [2.75, 3.05) is 0 Å². The van der Waals surface area contributed by atoms with E-state index in [2.05, 4.69) is 31.9 Å². The Morgan fingerprint density at radius 3 is 1.79 bits per heavy atom. The van der Waals surface area contributed by atoms with Gasteiger partial charge < -0.3 is 0 Å². The van der Waals surface area contributed by atoms with E-state index in [1.54, 1.807) is 0 Å². The molecule has 0 heterocycles. The molecule has 0 bridgehead atoms. The Balaban J connectivity index is 3.74. The third-order valence-corrected chi connectivity index (χ3v) is 4.75. The van der Waals surface area contributed by atoms with Crippen LogP contribution in [0.2, 0.25) is 0 Å². The van der Waals surface area contributed by atoms with Gasteiger partial charge in [-0.3, -0.25) is 0 Å². The minimum Gasteiger partial charge on any atom is -0.207 e. The van der Waals surface area contributed by atoms with Crippen molar-refractivity contribution in [1.82, 2.24) is 0 Å². The van der Waals surface area contributed by atoms with E-state index < -0.39 is 34.5 Å². The molecule has 0 atom stereocenters. The van der Waals surface area contributed by atoms with Crippen molar-refractivity contribution in [2.45, 2.75) is 4.90 Å². The van der Waals surface area contributed by atoms with Crippen LogP contribution in [0.15, 0.2) is 19.9 Å². The van der Waals surface area contributed by atoms with Gasteiger partial charge in [0.1, 0.15) is 16.5 Å². The lowest BCUT2D eigenvalue weighted by Crippen LogP contribution is -1.98. The van der Waals surface area contributed by atoms with Crippen LogP contribution in [-0.2, 0) is 9.05 Å². The highest BCUT2D eigenvalue weighted by atomic mass is 79.9. The van der Waals surface area contributed by atoms with Crippen molar-refractivity contribution in [3.05, 3.63) is 26.6 Å². The van der Waals surface area contributed by atoms with Gasteiger partial charge in [-0.2, -0.15) is 0 Å². The predicted molar refractivity (Wildman–Crippen MR) is 54.8 cm³/mol. The summed E-state index contributed by atoms with van der Waals surface area (Å²) >= 11 is 5.33. The van der Waals surface area contributed by atoms with Gasteiger partial charge >= 0.3 is 0 Å². The molecule has 0 N–H and O–H groups in total. The molecule has 0 aliphatic heterocycles. The van der Waals surface area contributed by atoms with Crippen molar-refractivity contribution in [3.63, 3.8) is 0 Å². The summed E-state index contributed by atoms with van der Waals surface area (Å²) in [4.78, 5) is -0.656. The molecule has 0 unspecified atom stereocenters. The molecule has 0 aromatic heterocycles. The van der Waals surface area contributed by atoms with E-state index in [0.717, 1.165) is 0 Å². The number of rotatable bonds is 1. The summed E-state index contributed by atoms with van der Waals surface area (Å²) in [5, 5.41) is 0. The molecular formula is C6HBr2ClF2O2S. The number of hydrogen-bond acceptors (Lipinski definition) is 2. The van der Waals surface area contributed by atoms with Crippen LogP contribution in [0.25, 0.3) is 0 Å². The molecular weight excluding hydrogens is 369 g/mol. The Morgan fingerprint density at radius 2 is 1.50 bits per heavy atom. The smallest absolute Gasteiger partial charge is 0.207 e. The maximum Gasteiger partial charge on any atom is 0.263 e. The summed E-state index contributed by atoms with van der Waals surface area (Å²) in [6.45, 7) is 0. The van der Waals surface area contributed by atoms with Gasteiger partial charge in [-0.1, -0.05) is 0 Å². The van der Waals surface area contributed by atoms with Gasteiger partial charge in [0.05, 0.1) is 8.95 Å². The molecule has 0 radical (unpaired) electrons. The van der Waals surface area contributed by atoms with Crippen molar-refractivity contribution in [2.24, 2.45) is 0 Å². The molecule has 2 nitrogen and oxygen atoms in total. The zero-order valence-electron chi connectivity index (χ0n) is 6.19. The number of halogens is 5. The summed E-state index contributed by atoms with van der Waals surface area (Å²) in [6, 6.07) is 0.541. The van der Waals surface area contributed by atoms with E-state index >= 15 is 0 Å². The SMILES string of the molecule is O=S(=O)(Cl)c1c(Br)c(F)cc(F)c1Br. The van der Waals surface area contributed by atoms with Crippen LogP contribution in [0.4, 0.5) is 8.78 Å². The van der Waals surface area contributed by atoms with Crippen molar-refractivity contribution < 1.29 is 17.2 Å². The monoisotopic (exact) mass is 368 g/mol. The van der Waals surface area contributed by atoms with Gasteiger partial charge in [0.25, 0.3) is 9.05 Å². The lowest BCUT2D eigenvalue weighted by molar-refractivity contribution is 0.560. The normalized spacial score (nSPS) is 11.8. The average Bonchev–Trinajstić information content (AvgIpc) is 1.98. The molecule has 0 spiro atoms. The molecule has 1 aromatic carbocycles. The molecule has 0 saturated carbocycles. The molecule has 8 heteroatoms. The van der Waals surface area contributed by atoms with Gasteiger partial charge in [0, 0.05) is 16.7 Å². The van der Waals surface area contributed by atoms with Gasteiger partial charge in [0.2, 0.25) is 0 Å². The maximum atomic E-state index is 12.9. The van der Waals surface area contributed by atoms with Crippen molar-refractivity contribution >= 4 is 51.6 Å². The van der Waals surface area contributed by atoms with Crippen LogP contribution >= 0.6 is 42.5 Å².